The van der Waals surface area contributed by atoms with Gasteiger partial charge in [0, 0.05) is 18.9 Å². The van der Waals surface area contributed by atoms with E-state index in [1.165, 1.54) is 89.9 Å². The summed E-state index contributed by atoms with van der Waals surface area (Å²) in [6, 6.07) is 0. The quantitative estimate of drug-likeness (QED) is 0.283. The van der Waals surface area contributed by atoms with Gasteiger partial charge in [0.15, 0.2) is 0 Å². The standard InChI is InChI=1S/C21H41NO2.Na/c1-2-3-4-5-6-7-8-9-10-11-12-13-14-15-16-17-19-22-20-18-21(23)24;/h17,19,22H,2-16,18,20H2,1H3,(H,23,24);/q;+1/p-1. The van der Waals surface area contributed by atoms with Crippen molar-refractivity contribution in [1.82, 2.24) is 5.32 Å². The average molecular weight is 362 g/mol. The molecule has 142 valence electrons. The Balaban J connectivity index is 0. The summed E-state index contributed by atoms with van der Waals surface area (Å²) in [7, 11) is 0. The molecule has 0 bridgehead atoms. The monoisotopic (exact) mass is 361 g/mol. The second-order valence-electron chi connectivity index (χ2n) is 6.86. The third kappa shape index (κ3) is 26.3. The third-order valence-corrected chi connectivity index (χ3v) is 4.43. The smallest absolute Gasteiger partial charge is 0.550 e. The van der Waals surface area contributed by atoms with E-state index in [0.29, 0.717) is 6.54 Å². The van der Waals surface area contributed by atoms with Crippen molar-refractivity contribution in [2.24, 2.45) is 0 Å². The molecule has 0 radical (unpaired) electrons. The van der Waals surface area contributed by atoms with Crippen molar-refractivity contribution in [3.8, 4) is 0 Å². The first-order valence-electron chi connectivity index (χ1n) is 10.4. The van der Waals surface area contributed by atoms with Crippen LogP contribution in [0.3, 0.4) is 0 Å². The fourth-order valence-corrected chi connectivity index (χ4v) is 2.88. The summed E-state index contributed by atoms with van der Waals surface area (Å²) in [6.45, 7) is 2.73. The van der Waals surface area contributed by atoms with Gasteiger partial charge in [-0.2, -0.15) is 0 Å². The molecule has 0 saturated carbocycles. The molecule has 1 N–H and O–H groups in total. The van der Waals surface area contributed by atoms with Gasteiger partial charge in [-0.15, -0.1) is 0 Å². The van der Waals surface area contributed by atoms with E-state index >= 15 is 0 Å². The van der Waals surface area contributed by atoms with E-state index < -0.39 is 5.97 Å². The van der Waals surface area contributed by atoms with Crippen LogP contribution in [0.25, 0.3) is 0 Å². The van der Waals surface area contributed by atoms with Crippen molar-refractivity contribution in [3.05, 3.63) is 12.3 Å². The van der Waals surface area contributed by atoms with Gasteiger partial charge in [0.2, 0.25) is 0 Å². The zero-order valence-corrected chi connectivity index (χ0v) is 19.0. The number of hydrogen-bond donors (Lipinski definition) is 1. The van der Waals surface area contributed by atoms with Crippen LogP contribution >= 0.6 is 0 Å². The molecule has 0 amide bonds. The van der Waals surface area contributed by atoms with E-state index in [4.69, 9.17) is 0 Å². The number of carbonyl (C=O) groups excluding carboxylic acids is 1. The number of carboxylic acids is 1. The maximum atomic E-state index is 10.2. The summed E-state index contributed by atoms with van der Waals surface area (Å²) in [4.78, 5) is 10.2. The number of rotatable bonds is 19. The van der Waals surface area contributed by atoms with E-state index in [1.807, 2.05) is 6.20 Å². The predicted octanol–water partition coefficient (Wildman–Crippen LogP) is 2.11. The molecule has 0 saturated heterocycles. The van der Waals surface area contributed by atoms with Crippen LogP contribution < -0.4 is 40.0 Å². The summed E-state index contributed by atoms with van der Waals surface area (Å²) < 4.78 is 0. The fraction of sp³-hybridized carbons (Fsp3) is 0.857. The zero-order chi connectivity index (χ0) is 17.7. The van der Waals surface area contributed by atoms with Crippen molar-refractivity contribution in [1.29, 1.82) is 0 Å². The third-order valence-electron chi connectivity index (χ3n) is 4.43. The first kappa shape index (κ1) is 27.2. The van der Waals surface area contributed by atoms with Gasteiger partial charge in [-0.1, -0.05) is 96.5 Å². The van der Waals surface area contributed by atoms with E-state index in [-0.39, 0.29) is 36.0 Å². The Morgan fingerprint density at radius 2 is 1.24 bits per heavy atom. The van der Waals surface area contributed by atoms with Crippen molar-refractivity contribution >= 4 is 5.97 Å². The van der Waals surface area contributed by atoms with Crippen molar-refractivity contribution in [3.63, 3.8) is 0 Å². The Morgan fingerprint density at radius 1 is 0.800 bits per heavy atom. The SMILES string of the molecule is CCCCCCCCCCCCCCCCC=CNCCC(=O)[O-].[Na+]. The maximum Gasteiger partial charge on any atom is 1.00 e. The number of carbonyl (C=O) groups is 1. The van der Waals surface area contributed by atoms with Gasteiger partial charge in [0.05, 0.1) is 0 Å². The van der Waals surface area contributed by atoms with Crippen LogP contribution in [0.4, 0.5) is 0 Å². The molecule has 0 aromatic rings. The van der Waals surface area contributed by atoms with Gasteiger partial charge in [0.25, 0.3) is 0 Å². The Morgan fingerprint density at radius 3 is 1.68 bits per heavy atom. The summed E-state index contributed by atoms with van der Waals surface area (Å²) >= 11 is 0. The van der Waals surface area contributed by atoms with Crippen molar-refractivity contribution < 1.29 is 39.5 Å². The molecule has 0 heterocycles. The van der Waals surface area contributed by atoms with Gasteiger partial charge in [0.1, 0.15) is 0 Å². The van der Waals surface area contributed by atoms with E-state index in [2.05, 4.69) is 18.3 Å². The van der Waals surface area contributed by atoms with Gasteiger partial charge in [-0.3, -0.25) is 0 Å². The minimum absolute atomic E-state index is 0. The van der Waals surface area contributed by atoms with Crippen LogP contribution in [0.2, 0.25) is 0 Å². The van der Waals surface area contributed by atoms with E-state index in [0.717, 1.165) is 6.42 Å². The molecule has 4 heteroatoms. The predicted molar refractivity (Wildman–Crippen MR) is 102 cm³/mol. The number of carboxylic acid groups (broad SMARTS) is 1. The molecule has 25 heavy (non-hydrogen) atoms. The Kier molecular flexibility index (Phi) is 26.2. The summed E-state index contributed by atoms with van der Waals surface area (Å²) in [5, 5.41) is 13.2. The Hall–Kier alpha value is 0.0100. The first-order valence-corrected chi connectivity index (χ1v) is 10.4. The maximum absolute atomic E-state index is 10.2. The number of allylic oxidation sites excluding steroid dienone is 1. The van der Waals surface area contributed by atoms with E-state index in [1.54, 1.807) is 0 Å². The first-order chi connectivity index (χ1) is 11.8. The van der Waals surface area contributed by atoms with Crippen LogP contribution in [-0.2, 0) is 4.79 Å². The molecule has 0 aromatic heterocycles. The average Bonchev–Trinajstić information content (AvgIpc) is 2.56. The molecule has 0 aromatic carbocycles. The minimum Gasteiger partial charge on any atom is -0.550 e. The molecular weight excluding hydrogens is 321 g/mol. The van der Waals surface area contributed by atoms with Gasteiger partial charge >= 0.3 is 29.6 Å². The largest absolute Gasteiger partial charge is 1.00 e. The molecule has 0 spiro atoms. The normalized spacial score (nSPS) is 10.8. The Labute approximate surface area is 178 Å². The number of unbranched alkanes of at least 4 members (excludes halogenated alkanes) is 14. The Bertz CT molecular complexity index is 296. The zero-order valence-electron chi connectivity index (χ0n) is 17.0. The number of hydrogen-bond acceptors (Lipinski definition) is 3. The van der Waals surface area contributed by atoms with Crippen molar-refractivity contribution in [2.75, 3.05) is 6.54 Å². The fourth-order valence-electron chi connectivity index (χ4n) is 2.88. The van der Waals surface area contributed by atoms with Crippen LogP contribution in [0.1, 0.15) is 110 Å². The molecule has 3 nitrogen and oxygen atoms in total. The van der Waals surface area contributed by atoms with E-state index in [9.17, 15) is 9.90 Å². The van der Waals surface area contributed by atoms with Gasteiger partial charge in [-0.25, -0.2) is 0 Å². The van der Waals surface area contributed by atoms with Gasteiger partial charge in [-0.05, 0) is 19.0 Å². The molecule has 0 aliphatic carbocycles. The molecule has 0 aliphatic heterocycles. The number of nitrogens with one attached hydrogen (secondary N) is 1. The second kappa shape index (κ2) is 24.0. The molecule has 0 fully saturated rings. The summed E-state index contributed by atoms with van der Waals surface area (Å²) in [6.07, 6.45) is 24.6. The van der Waals surface area contributed by atoms with Crippen LogP contribution in [0, 0.1) is 0 Å². The van der Waals surface area contributed by atoms with Crippen LogP contribution in [-0.4, -0.2) is 12.5 Å². The second-order valence-corrected chi connectivity index (χ2v) is 6.86. The summed E-state index contributed by atoms with van der Waals surface area (Å²) in [5.41, 5.74) is 0. The molecule has 0 atom stereocenters. The summed E-state index contributed by atoms with van der Waals surface area (Å²) in [5.74, 6) is -0.997. The molecule has 0 unspecified atom stereocenters. The van der Waals surface area contributed by atoms with Crippen molar-refractivity contribution in [2.45, 2.75) is 110 Å². The molecule has 0 rings (SSSR count). The molecule has 0 aliphatic rings. The molecular formula is C21H40NNaO2. The topological polar surface area (TPSA) is 52.2 Å². The van der Waals surface area contributed by atoms with Crippen LogP contribution in [0.5, 0.6) is 0 Å². The van der Waals surface area contributed by atoms with Crippen LogP contribution in [0.15, 0.2) is 12.3 Å². The number of aliphatic carboxylic acids is 1. The van der Waals surface area contributed by atoms with Gasteiger partial charge < -0.3 is 15.2 Å². The minimum atomic E-state index is -0.997.